The van der Waals surface area contributed by atoms with Crippen LogP contribution in [-0.2, 0) is 6.42 Å². The molecule has 0 aliphatic carbocycles. The molecular formula is C13H20O. The predicted octanol–water partition coefficient (Wildman–Crippen LogP) is 3.12. The zero-order valence-electron chi connectivity index (χ0n) is 9.33. The van der Waals surface area contributed by atoms with Gasteiger partial charge in [0.15, 0.2) is 0 Å². The summed E-state index contributed by atoms with van der Waals surface area (Å²) in [7, 11) is 0. The Morgan fingerprint density at radius 2 is 1.86 bits per heavy atom. The fourth-order valence-corrected chi connectivity index (χ4v) is 1.68. The average Bonchev–Trinajstić information content (AvgIpc) is 2.18. The van der Waals surface area contributed by atoms with E-state index < -0.39 is 0 Å². The van der Waals surface area contributed by atoms with Crippen molar-refractivity contribution < 1.29 is 5.11 Å². The van der Waals surface area contributed by atoms with Crippen LogP contribution in [0.4, 0.5) is 0 Å². The predicted molar refractivity (Wildman–Crippen MR) is 60.5 cm³/mol. The quantitative estimate of drug-likeness (QED) is 0.777. The Bertz CT molecular complexity index is 278. The molecule has 0 fully saturated rings. The van der Waals surface area contributed by atoms with Gasteiger partial charge in [-0.3, -0.25) is 0 Å². The summed E-state index contributed by atoms with van der Waals surface area (Å²) in [4.78, 5) is 0. The van der Waals surface area contributed by atoms with Gasteiger partial charge in [0.25, 0.3) is 0 Å². The van der Waals surface area contributed by atoms with Crippen molar-refractivity contribution in [2.24, 2.45) is 0 Å². The highest BCUT2D eigenvalue weighted by Gasteiger charge is 2.08. The SMILES string of the molecule is CCC(O)Cc1ccccc1C(C)C. The van der Waals surface area contributed by atoms with E-state index in [2.05, 4.69) is 32.0 Å². The molecule has 1 unspecified atom stereocenters. The highest BCUT2D eigenvalue weighted by molar-refractivity contribution is 5.30. The van der Waals surface area contributed by atoms with Gasteiger partial charge in [0.1, 0.15) is 0 Å². The normalized spacial score (nSPS) is 13.2. The highest BCUT2D eigenvalue weighted by atomic mass is 16.3. The molecule has 0 aliphatic rings. The summed E-state index contributed by atoms with van der Waals surface area (Å²) in [6.45, 7) is 6.40. The number of hydrogen-bond donors (Lipinski definition) is 1. The van der Waals surface area contributed by atoms with Crippen molar-refractivity contribution in [2.45, 2.75) is 45.6 Å². The van der Waals surface area contributed by atoms with Gasteiger partial charge in [-0.2, -0.15) is 0 Å². The minimum absolute atomic E-state index is 0.199. The van der Waals surface area contributed by atoms with Gasteiger partial charge >= 0.3 is 0 Å². The number of aliphatic hydroxyl groups excluding tert-OH is 1. The molecule has 1 rings (SSSR count). The van der Waals surface area contributed by atoms with Crippen molar-refractivity contribution in [2.75, 3.05) is 0 Å². The molecule has 1 nitrogen and oxygen atoms in total. The second-order valence-electron chi connectivity index (χ2n) is 4.12. The molecule has 1 aromatic rings. The molecule has 78 valence electrons. The van der Waals surface area contributed by atoms with Crippen molar-refractivity contribution in [1.29, 1.82) is 0 Å². The van der Waals surface area contributed by atoms with E-state index in [1.54, 1.807) is 0 Å². The lowest BCUT2D eigenvalue weighted by atomic mass is 9.93. The maximum atomic E-state index is 9.62. The van der Waals surface area contributed by atoms with Gasteiger partial charge in [-0.1, -0.05) is 45.0 Å². The molecule has 1 N–H and O–H groups in total. The van der Waals surface area contributed by atoms with E-state index in [-0.39, 0.29) is 6.10 Å². The minimum atomic E-state index is -0.199. The zero-order valence-corrected chi connectivity index (χ0v) is 9.33. The molecule has 0 aliphatic heterocycles. The Morgan fingerprint density at radius 3 is 2.43 bits per heavy atom. The van der Waals surface area contributed by atoms with E-state index in [4.69, 9.17) is 0 Å². The van der Waals surface area contributed by atoms with E-state index in [0.29, 0.717) is 5.92 Å². The molecule has 14 heavy (non-hydrogen) atoms. The fourth-order valence-electron chi connectivity index (χ4n) is 1.68. The largest absolute Gasteiger partial charge is 0.393 e. The standard InChI is InChI=1S/C13H20O/c1-4-12(14)9-11-7-5-6-8-13(11)10(2)3/h5-8,10,12,14H,4,9H2,1-3H3. The molecule has 0 heterocycles. The molecule has 0 saturated carbocycles. The molecule has 0 bridgehead atoms. The van der Waals surface area contributed by atoms with Crippen LogP contribution >= 0.6 is 0 Å². The fraction of sp³-hybridized carbons (Fsp3) is 0.538. The maximum Gasteiger partial charge on any atom is 0.0578 e. The van der Waals surface area contributed by atoms with Crippen LogP contribution in [0.5, 0.6) is 0 Å². The van der Waals surface area contributed by atoms with Crippen molar-refractivity contribution in [3.05, 3.63) is 35.4 Å². The Balaban J connectivity index is 2.84. The van der Waals surface area contributed by atoms with E-state index >= 15 is 0 Å². The summed E-state index contributed by atoms with van der Waals surface area (Å²) in [6.07, 6.45) is 1.41. The first-order valence-corrected chi connectivity index (χ1v) is 5.41. The number of aliphatic hydroxyl groups is 1. The maximum absolute atomic E-state index is 9.62. The first kappa shape index (κ1) is 11.3. The van der Waals surface area contributed by atoms with Gasteiger partial charge in [-0.15, -0.1) is 0 Å². The smallest absolute Gasteiger partial charge is 0.0578 e. The van der Waals surface area contributed by atoms with Gasteiger partial charge in [0.05, 0.1) is 6.10 Å². The van der Waals surface area contributed by atoms with Crippen molar-refractivity contribution in [3.8, 4) is 0 Å². The van der Waals surface area contributed by atoms with Gasteiger partial charge < -0.3 is 5.11 Å². The molecule has 0 spiro atoms. The van der Waals surface area contributed by atoms with Crippen molar-refractivity contribution >= 4 is 0 Å². The van der Waals surface area contributed by atoms with E-state index in [9.17, 15) is 5.11 Å². The van der Waals surface area contributed by atoms with E-state index in [1.165, 1.54) is 11.1 Å². The van der Waals surface area contributed by atoms with Crippen LogP contribution < -0.4 is 0 Å². The molecule has 1 aromatic carbocycles. The third kappa shape index (κ3) is 2.85. The van der Waals surface area contributed by atoms with Crippen LogP contribution in [0.15, 0.2) is 24.3 Å². The van der Waals surface area contributed by atoms with Gasteiger partial charge in [0, 0.05) is 0 Å². The van der Waals surface area contributed by atoms with E-state index in [0.717, 1.165) is 12.8 Å². The third-order valence-corrected chi connectivity index (χ3v) is 2.60. The Labute approximate surface area is 86.8 Å². The average molecular weight is 192 g/mol. The molecule has 0 radical (unpaired) electrons. The zero-order chi connectivity index (χ0) is 10.6. The van der Waals surface area contributed by atoms with Crippen LogP contribution in [0.3, 0.4) is 0 Å². The van der Waals surface area contributed by atoms with E-state index in [1.807, 2.05) is 13.0 Å². The topological polar surface area (TPSA) is 20.2 Å². The first-order valence-electron chi connectivity index (χ1n) is 5.41. The Hall–Kier alpha value is -0.820. The van der Waals surface area contributed by atoms with Gasteiger partial charge in [-0.25, -0.2) is 0 Å². The van der Waals surface area contributed by atoms with Crippen LogP contribution in [-0.4, -0.2) is 11.2 Å². The lowest BCUT2D eigenvalue weighted by Crippen LogP contribution is -2.10. The first-order chi connectivity index (χ1) is 6.65. The van der Waals surface area contributed by atoms with Crippen LogP contribution in [0.1, 0.15) is 44.2 Å². The summed E-state index contributed by atoms with van der Waals surface area (Å²) in [5.74, 6) is 0.537. The number of hydrogen-bond acceptors (Lipinski definition) is 1. The van der Waals surface area contributed by atoms with Crippen molar-refractivity contribution in [1.82, 2.24) is 0 Å². The molecule has 0 saturated heterocycles. The van der Waals surface area contributed by atoms with Crippen molar-refractivity contribution in [3.63, 3.8) is 0 Å². The lowest BCUT2D eigenvalue weighted by Gasteiger charge is -2.14. The monoisotopic (exact) mass is 192 g/mol. The summed E-state index contributed by atoms with van der Waals surface area (Å²) < 4.78 is 0. The van der Waals surface area contributed by atoms with Gasteiger partial charge in [-0.05, 0) is 29.9 Å². The molecule has 1 atom stereocenters. The van der Waals surface area contributed by atoms with Gasteiger partial charge in [0.2, 0.25) is 0 Å². The highest BCUT2D eigenvalue weighted by Crippen LogP contribution is 2.20. The minimum Gasteiger partial charge on any atom is -0.393 e. The second kappa shape index (κ2) is 5.16. The van der Waals surface area contributed by atoms with Crippen LogP contribution in [0.2, 0.25) is 0 Å². The third-order valence-electron chi connectivity index (χ3n) is 2.60. The Morgan fingerprint density at radius 1 is 1.21 bits per heavy atom. The molecule has 1 heteroatoms. The molecular weight excluding hydrogens is 172 g/mol. The summed E-state index contributed by atoms with van der Waals surface area (Å²) in [5, 5.41) is 9.62. The summed E-state index contributed by atoms with van der Waals surface area (Å²) >= 11 is 0. The molecule has 0 amide bonds. The summed E-state index contributed by atoms with van der Waals surface area (Å²) in [6, 6.07) is 8.39. The number of benzene rings is 1. The lowest BCUT2D eigenvalue weighted by molar-refractivity contribution is 0.170. The van der Waals surface area contributed by atoms with Crippen LogP contribution in [0.25, 0.3) is 0 Å². The molecule has 0 aromatic heterocycles. The Kier molecular flexibility index (Phi) is 4.15. The second-order valence-corrected chi connectivity index (χ2v) is 4.12. The van der Waals surface area contributed by atoms with Crippen LogP contribution in [0, 0.1) is 0 Å². The summed E-state index contributed by atoms with van der Waals surface area (Å²) in [5.41, 5.74) is 2.65. The number of rotatable bonds is 4.